The molecule has 1 aromatic heterocycles. The van der Waals surface area contributed by atoms with Gasteiger partial charge >= 0.3 is 0 Å². The Hall–Kier alpha value is -1.66. The van der Waals surface area contributed by atoms with Crippen LogP contribution in [-0.2, 0) is 12.8 Å². The molecule has 4 N–H and O–H groups in total. The minimum Gasteiger partial charge on any atom is -0.368 e. The van der Waals surface area contributed by atoms with E-state index in [2.05, 4.69) is 20.5 Å². The molecule has 114 valence electrons. The van der Waals surface area contributed by atoms with Crippen molar-refractivity contribution >= 4 is 11.7 Å². The normalized spacial score (nSPS) is 18.5. The third kappa shape index (κ3) is 3.33. The second kappa shape index (κ2) is 6.41. The van der Waals surface area contributed by atoms with Crippen LogP contribution in [0.3, 0.4) is 0 Å². The van der Waals surface area contributed by atoms with Crippen molar-refractivity contribution in [2.75, 3.05) is 44.6 Å². The first-order valence-corrected chi connectivity index (χ1v) is 7.73. The molecule has 1 aromatic rings. The first-order valence-electron chi connectivity index (χ1n) is 7.73. The molecule has 1 aliphatic carbocycles. The number of anilines is 1. The van der Waals surface area contributed by atoms with E-state index in [-0.39, 0.29) is 0 Å². The lowest BCUT2D eigenvalue weighted by Crippen LogP contribution is -2.45. The minimum atomic E-state index is -0.401. The standard InChI is InChI=1S/C15H23N5O/c16-14(21)12-10-11-2-1-3-13(11)19-15(12)18-6-9-20-7-4-17-5-8-20/h10,17H,1-9H2,(H2,16,21)(H,18,19). The van der Waals surface area contributed by atoms with Crippen LogP contribution in [0.1, 0.15) is 28.0 Å². The zero-order valence-corrected chi connectivity index (χ0v) is 12.3. The molecule has 0 unspecified atom stereocenters. The molecular formula is C15H23N5O. The molecule has 0 aromatic carbocycles. The lowest BCUT2D eigenvalue weighted by Gasteiger charge is -2.27. The molecular weight excluding hydrogens is 266 g/mol. The Morgan fingerprint density at radius 1 is 1.38 bits per heavy atom. The summed E-state index contributed by atoms with van der Waals surface area (Å²) in [7, 11) is 0. The second-order valence-electron chi connectivity index (χ2n) is 5.73. The zero-order chi connectivity index (χ0) is 14.7. The summed E-state index contributed by atoms with van der Waals surface area (Å²) in [5, 5.41) is 6.64. The third-order valence-electron chi connectivity index (χ3n) is 4.25. The number of piperazine rings is 1. The van der Waals surface area contributed by atoms with Gasteiger partial charge in [-0.05, 0) is 30.9 Å². The van der Waals surface area contributed by atoms with Crippen LogP contribution in [0.15, 0.2) is 6.07 Å². The number of rotatable bonds is 5. The van der Waals surface area contributed by atoms with Crippen molar-refractivity contribution in [3.63, 3.8) is 0 Å². The molecule has 0 spiro atoms. The molecule has 3 rings (SSSR count). The Morgan fingerprint density at radius 3 is 2.95 bits per heavy atom. The van der Waals surface area contributed by atoms with Gasteiger partial charge in [-0.3, -0.25) is 9.69 Å². The fraction of sp³-hybridized carbons (Fsp3) is 0.600. The van der Waals surface area contributed by atoms with Crippen LogP contribution < -0.4 is 16.4 Å². The number of aryl methyl sites for hydroxylation is 2. The van der Waals surface area contributed by atoms with Gasteiger partial charge in [0, 0.05) is 45.0 Å². The van der Waals surface area contributed by atoms with E-state index in [1.165, 1.54) is 5.56 Å². The lowest BCUT2D eigenvalue weighted by atomic mass is 10.1. The third-order valence-corrected chi connectivity index (χ3v) is 4.25. The largest absolute Gasteiger partial charge is 0.368 e. The van der Waals surface area contributed by atoms with Crippen LogP contribution in [0.25, 0.3) is 0 Å². The van der Waals surface area contributed by atoms with Gasteiger partial charge in [0.2, 0.25) is 0 Å². The van der Waals surface area contributed by atoms with E-state index in [0.717, 1.165) is 64.2 Å². The molecule has 21 heavy (non-hydrogen) atoms. The van der Waals surface area contributed by atoms with Gasteiger partial charge in [-0.25, -0.2) is 4.98 Å². The highest BCUT2D eigenvalue weighted by atomic mass is 16.1. The Kier molecular flexibility index (Phi) is 4.36. The topological polar surface area (TPSA) is 83.3 Å². The summed E-state index contributed by atoms with van der Waals surface area (Å²) in [6, 6.07) is 1.92. The van der Waals surface area contributed by atoms with Crippen molar-refractivity contribution in [3.05, 3.63) is 22.9 Å². The fourth-order valence-electron chi connectivity index (χ4n) is 3.06. The van der Waals surface area contributed by atoms with Crippen molar-refractivity contribution < 1.29 is 4.79 Å². The highest BCUT2D eigenvalue weighted by molar-refractivity contribution is 5.97. The number of carbonyl (C=O) groups is 1. The van der Waals surface area contributed by atoms with E-state index < -0.39 is 5.91 Å². The van der Waals surface area contributed by atoms with Crippen LogP contribution in [0.4, 0.5) is 5.82 Å². The van der Waals surface area contributed by atoms with E-state index >= 15 is 0 Å². The predicted octanol–water partition coefficient (Wildman–Crippen LogP) is -0.0137. The lowest BCUT2D eigenvalue weighted by molar-refractivity contribution is 0.100. The number of primary amides is 1. The molecule has 6 heteroatoms. The summed E-state index contributed by atoms with van der Waals surface area (Å²) < 4.78 is 0. The molecule has 2 aliphatic rings. The van der Waals surface area contributed by atoms with Gasteiger partial charge in [0.1, 0.15) is 5.82 Å². The van der Waals surface area contributed by atoms with Crippen molar-refractivity contribution in [1.29, 1.82) is 0 Å². The van der Waals surface area contributed by atoms with Gasteiger partial charge < -0.3 is 16.4 Å². The average Bonchev–Trinajstić information content (AvgIpc) is 2.94. The van der Waals surface area contributed by atoms with E-state index in [0.29, 0.717) is 11.4 Å². The maximum absolute atomic E-state index is 11.6. The molecule has 0 radical (unpaired) electrons. The number of pyridine rings is 1. The first kappa shape index (κ1) is 14.3. The average molecular weight is 289 g/mol. The van der Waals surface area contributed by atoms with Crippen molar-refractivity contribution in [2.24, 2.45) is 5.73 Å². The number of hydrogen-bond acceptors (Lipinski definition) is 5. The van der Waals surface area contributed by atoms with Gasteiger partial charge in [-0.1, -0.05) is 0 Å². The van der Waals surface area contributed by atoms with Gasteiger partial charge in [0.25, 0.3) is 5.91 Å². The molecule has 1 fully saturated rings. The summed E-state index contributed by atoms with van der Waals surface area (Å²) in [6.07, 6.45) is 3.12. The van der Waals surface area contributed by atoms with E-state index in [1.54, 1.807) is 0 Å². The fourth-order valence-corrected chi connectivity index (χ4v) is 3.06. The maximum Gasteiger partial charge on any atom is 0.252 e. The number of nitrogens with zero attached hydrogens (tertiary/aromatic N) is 2. The van der Waals surface area contributed by atoms with Crippen LogP contribution in [0.5, 0.6) is 0 Å². The highest BCUT2D eigenvalue weighted by Crippen LogP contribution is 2.25. The number of nitrogens with two attached hydrogens (primary N) is 1. The molecule has 1 aliphatic heterocycles. The van der Waals surface area contributed by atoms with Crippen molar-refractivity contribution in [2.45, 2.75) is 19.3 Å². The number of hydrogen-bond donors (Lipinski definition) is 3. The summed E-state index contributed by atoms with van der Waals surface area (Å²) >= 11 is 0. The number of carbonyl (C=O) groups excluding carboxylic acids is 1. The molecule has 2 heterocycles. The first-order chi connectivity index (χ1) is 10.2. The maximum atomic E-state index is 11.6. The van der Waals surface area contributed by atoms with E-state index in [9.17, 15) is 4.79 Å². The minimum absolute atomic E-state index is 0.401. The summed E-state index contributed by atoms with van der Waals surface area (Å²) in [5.74, 6) is 0.250. The SMILES string of the molecule is NC(=O)c1cc2c(nc1NCCN1CCNCC1)CCC2. The second-order valence-corrected chi connectivity index (χ2v) is 5.73. The molecule has 1 saturated heterocycles. The molecule has 6 nitrogen and oxygen atoms in total. The van der Waals surface area contributed by atoms with Gasteiger partial charge in [-0.2, -0.15) is 0 Å². The van der Waals surface area contributed by atoms with E-state index in [1.807, 2.05) is 6.07 Å². The number of nitrogens with one attached hydrogen (secondary N) is 2. The van der Waals surface area contributed by atoms with Gasteiger partial charge in [0.15, 0.2) is 0 Å². The number of aromatic nitrogens is 1. The number of fused-ring (bicyclic) bond motifs is 1. The van der Waals surface area contributed by atoms with Crippen molar-refractivity contribution in [3.8, 4) is 0 Å². The van der Waals surface area contributed by atoms with Crippen LogP contribution >= 0.6 is 0 Å². The summed E-state index contributed by atoms with van der Waals surface area (Å²) in [5.41, 5.74) is 8.30. The Morgan fingerprint density at radius 2 is 2.19 bits per heavy atom. The molecule has 0 atom stereocenters. The Bertz CT molecular complexity index is 525. The monoisotopic (exact) mass is 289 g/mol. The molecule has 0 saturated carbocycles. The highest BCUT2D eigenvalue weighted by Gasteiger charge is 2.19. The zero-order valence-electron chi connectivity index (χ0n) is 12.3. The van der Waals surface area contributed by atoms with Crippen LogP contribution in [0.2, 0.25) is 0 Å². The molecule has 0 bridgehead atoms. The smallest absolute Gasteiger partial charge is 0.252 e. The quantitative estimate of drug-likeness (QED) is 0.710. The molecule has 1 amide bonds. The summed E-state index contributed by atoms with van der Waals surface area (Å²) in [4.78, 5) is 18.6. The van der Waals surface area contributed by atoms with Gasteiger partial charge in [0.05, 0.1) is 5.56 Å². The predicted molar refractivity (Wildman–Crippen MR) is 82.6 cm³/mol. The van der Waals surface area contributed by atoms with E-state index in [4.69, 9.17) is 5.73 Å². The number of amides is 1. The van der Waals surface area contributed by atoms with Gasteiger partial charge in [-0.15, -0.1) is 0 Å². The van der Waals surface area contributed by atoms with Crippen LogP contribution in [-0.4, -0.2) is 55.1 Å². The van der Waals surface area contributed by atoms with Crippen molar-refractivity contribution in [1.82, 2.24) is 15.2 Å². The Balaban J connectivity index is 1.65. The van der Waals surface area contributed by atoms with Crippen LogP contribution in [0, 0.1) is 0 Å². The summed E-state index contributed by atoms with van der Waals surface area (Å²) in [6.45, 7) is 5.97. The Labute approximate surface area is 125 Å².